The summed E-state index contributed by atoms with van der Waals surface area (Å²) in [6.07, 6.45) is 9.84. The fraction of sp³-hybridized carbons (Fsp3) is 0.918. The van der Waals surface area contributed by atoms with Crippen LogP contribution in [0.25, 0.3) is 0 Å². The second-order valence-electron chi connectivity index (χ2n) is 28.1. The third kappa shape index (κ3) is 9.21. The van der Waals surface area contributed by atoms with Gasteiger partial charge < -0.3 is 76.9 Å². The van der Waals surface area contributed by atoms with Crippen LogP contribution in [0.3, 0.4) is 0 Å². The van der Waals surface area contributed by atoms with E-state index in [1.54, 1.807) is 0 Å². The molecular weight excluding hydrogens is 1000 g/mol. The summed E-state index contributed by atoms with van der Waals surface area (Å²) in [6.45, 7) is 15.6. The highest BCUT2D eigenvalue weighted by Gasteiger charge is 2.69. The Morgan fingerprint density at radius 3 is 2.15 bits per heavy atom. The van der Waals surface area contributed by atoms with Crippen molar-refractivity contribution in [3.63, 3.8) is 0 Å². The molecule has 14 heterocycles. The second kappa shape index (κ2) is 20.0. The zero-order valence-corrected chi connectivity index (χ0v) is 46.2. The first kappa shape index (κ1) is 53.1. The Hall–Kier alpha value is -1.65. The summed E-state index contributed by atoms with van der Waals surface area (Å²) in [5, 5.41) is 30.2. The standard InChI is InChI=1S/C61H88O17/c1-28-14-37-6-8-41-29(2)15-39(66-41)10-13-60-26-49-55(77-60)56-57(72-49)58(78-60)54-43(70-56)9-7-38(68-54)20-50(65)73-53-32(5)52-34(16-33(53)17-44(67-37)31(28)4)18-46-48(71-52)25-61(75-46)24-35-23-59(22-30(3)51(35)76-61)12-11-42-47(74-59)21-45(69-42)40(64)19-36(63)27-62/h28,30,32-49,51-58,62-64H,2,4,6-27H2,1,3,5H3. The van der Waals surface area contributed by atoms with Crippen LogP contribution in [0.1, 0.15) is 156 Å². The maximum Gasteiger partial charge on any atom is 0.308 e. The first-order chi connectivity index (χ1) is 37.6. The summed E-state index contributed by atoms with van der Waals surface area (Å²) >= 11 is 0. The lowest BCUT2D eigenvalue weighted by molar-refractivity contribution is -0.293. The highest BCUT2D eigenvalue weighted by molar-refractivity contribution is 5.70. The molecule has 17 heteroatoms. The molecule has 2 aliphatic carbocycles. The Morgan fingerprint density at radius 2 is 1.28 bits per heavy atom. The molecule has 0 aromatic heterocycles. The SMILES string of the molecule is C=C1CC2CCC34CC5OC6C(OC7CCC(CC(=O)OC8C(CC9OC(CCC1O2)CC(C)C9=C)CC1CC2OC9(CC%10CC%11(CCC%12OC(C(O)CC(O)CO)CC%12O%11)CC(C)C%10O9)CC2OC1C8C)OC7C6O3)C5O4. The molecule has 16 fully saturated rings. The number of rotatable bonds is 4. The van der Waals surface area contributed by atoms with Crippen LogP contribution < -0.4 is 0 Å². The van der Waals surface area contributed by atoms with Crippen molar-refractivity contribution in [1.29, 1.82) is 0 Å². The van der Waals surface area contributed by atoms with Crippen molar-refractivity contribution in [3.05, 3.63) is 24.3 Å². The van der Waals surface area contributed by atoms with Crippen molar-refractivity contribution in [2.45, 2.75) is 307 Å². The van der Waals surface area contributed by atoms with E-state index in [9.17, 15) is 20.1 Å². The minimum Gasteiger partial charge on any atom is -0.462 e. The quantitative estimate of drug-likeness (QED) is 0.212. The molecule has 0 radical (unpaired) electrons. The molecule has 16 aliphatic rings. The summed E-state index contributed by atoms with van der Waals surface area (Å²) in [4.78, 5) is 14.6. The van der Waals surface area contributed by atoms with E-state index in [4.69, 9.17) is 61.6 Å². The number of carbonyl (C=O) groups is 1. The van der Waals surface area contributed by atoms with Crippen molar-refractivity contribution in [1.82, 2.24) is 0 Å². The molecule has 0 aromatic rings. The minimum atomic E-state index is -0.977. The fourth-order valence-electron chi connectivity index (χ4n) is 19.3. The maximum atomic E-state index is 14.6. The van der Waals surface area contributed by atoms with Gasteiger partial charge in [-0.25, -0.2) is 0 Å². The summed E-state index contributed by atoms with van der Waals surface area (Å²) < 4.78 is 90.2. The highest BCUT2D eigenvalue weighted by Crippen LogP contribution is 2.60. The third-order valence-corrected chi connectivity index (χ3v) is 22.8. The summed E-state index contributed by atoms with van der Waals surface area (Å²) in [6, 6.07) is 0. The third-order valence-electron chi connectivity index (χ3n) is 22.8. The van der Waals surface area contributed by atoms with Crippen LogP contribution in [-0.2, 0) is 66.4 Å². The molecule has 31 unspecified atom stereocenters. The van der Waals surface area contributed by atoms with E-state index in [2.05, 4.69) is 33.9 Å². The van der Waals surface area contributed by atoms with Gasteiger partial charge in [-0.3, -0.25) is 4.79 Å². The topological polar surface area (TPSA) is 198 Å². The van der Waals surface area contributed by atoms with Crippen molar-refractivity contribution in [2.75, 3.05) is 6.61 Å². The Morgan fingerprint density at radius 1 is 0.538 bits per heavy atom. The number of hydrogen-bond acceptors (Lipinski definition) is 17. The van der Waals surface area contributed by atoms with Crippen LogP contribution in [0.5, 0.6) is 0 Å². The van der Waals surface area contributed by atoms with E-state index in [0.29, 0.717) is 38.5 Å². The van der Waals surface area contributed by atoms with Gasteiger partial charge in [0.1, 0.15) is 36.6 Å². The average molecular weight is 1090 g/mol. The first-order valence-electron chi connectivity index (χ1n) is 31.1. The van der Waals surface area contributed by atoms with Gasteiger partial charge in [0.15, 0.2) is 11.6 Å². The van der Waals surface area contributed by atoms with Gasteiger partial charge >= 0.3 is 5.97 Å². The molecule has 16 rings (SSSR count). The number of aliphatic hydroxyl groups excluding tert-OH is 3. The molecule has 17 nitrogen and oxygen atoms in total. The molecule has 31 atom stereocenters. The molecular formula is C61H88O17. The summed E-state index contributed by atoms with van der Waals surface area (Å²) in [5.74, 6) is -0.867. The Bertz CT molecular complexity index is 2300. The Balaban J connectivity index is 0.653. The molecule has 78 heavy (non-hydrogen) atoms. The zero-order valence-electron chi connectivity index (χ0n) is 46.2. The van der Waals surface area contributed by atoms with Crippen LogP contribution >= 0.6 is 0 Å². The molecule has 0 aromatic carbocycles. The lowest BCUT2D eigenvalue weighted by atomic mass is 9.66. The summed E-state index contributed by atoms with van der Waals surface area (Å²) in [5.41, 5.74) is 1.97. The first-order valence-corrected chi connectivity index (χ1v) is 31.1. The largest absolute Gasteiger partial charge is 0.462 e. The van der Waals surface area contributed by atoms with Crippen LogP contribution in [0.15, 0.2) is 24.3 Å². The zero-order chi connectivity index (χ0) is 53.1. The van der Waals surface area contributed by atoms with E-state index >= 15 is 0 Å². The minimum absolute atomic E-state index is 0.00788. The van der Waals surface area contributed by atoms with Crippen LogP contribution in [0.4, 0.5) is 0 Å². The van der Waals surface area contributed by atoms with E-state index in [-0.39, 0.29) is 170 Å². The molecule has 3 spiro atoms. The van der Waals surface area contributed by atoms with Gasteiger partial charge in [0.2, 0.25) is 0 Å². The average Bonchev–Trinajstić information content (AvgIpc) is 4.15. The maximum absolute atomic E-state index is 14.6. The Kier molecular flexibility index (Phi) is 13.6. The number of esters is 1. The van der Waals surface area contributed by atoms with Crippen LogP contribution in [0.2, 0.25) is 0 Å². The number of fused-ring (bicyclic) bond motifs is 10. The monoisotopic (exact) mass is 1090 g/mol. The summed E-state index contributed by atoms with van der Waals surface area (Å²) in [7, 11) is 0. The molecule has 14 saturated heterocycles. The van der Waals surface area contributed by atoms with E-state index in [1.165, 1.54) is 0 Å². The predicted molar refractivity (Wildman–Crippen MR) is 275 cm³/mol. The van der Waals surface area contributed by atoms with Crippen molar-refractivity contribution in [3.8, 4) is 0 Å². The molecule has 434 valence electrons. The smallest absolute Gasteiger partial charge is 0.308 e. The van der Waals surface area contributed by atoms with Gasteiger partial charge in [-0.2, -0.15) is 0 Å². The van der Waals surface area contributed by atoms with Gasteiger partial charge in [0.05, 0.1) is 116 Å². The van der Waals surface area contributed by atoms with Gasteiger partial charge in [0, 0.05) is 44.4 Å². The van der Waals surface area contributed by atoms with Crippen LogP contribution in [0, 0.1) is 35.5 Å². The van der Waals surface area contributed by atoms with Gasteiger partial charge in [-0.15, -0.1) is 0 Å². The normalized spacial score (nSPS) is 56.8. The van der Waals surface area contributed by atoms with Crippen molar-refractivity contribution >= 4 is 5.97 Å². The molecule has 14 aliphatic heterocycles. The molecule has 0 amide bonds. The van der Waals surface area contributed by atoms with E-state index < -0.39 is 42.1 Å². The number of hydrogen-bond donors (Lipinski definition) is 3. The second-order valence-corrected chi connectivity index (χ2v) is 28.1. The van der Waals surface area contributed by atoms with Gasteiger partial charge in [0.25, 0.3) is 0 Å². The Labute approximate surface area is 459 Å². The lowest BCUT2D eigenvalue weighted by Crippen LogP contribution is -2.61. The highest BCUT2D eigenvalue weighted by atomic mass is 16.8. The van der Waals surface area contributed by atoms with E-state index in [0.717, 1.165) is 94.6 Å². The predicted octanol–water partition coefficient (Wildman–Crippen LogP) is 6.21. The van der Waals surface area contributed by atoms with Crippen molar-refractivity contribution < 1.29 is 81.7 Å². The van der Waals surface area contributed by atoms with Crippen molar-refractivity contribution in [2.24, 2.45) is 35.5 Å². The number of ether oxygens (including phenoxy) is 13. The van der Waals surface area contributed by atoms with E-state index in [1.807, 2.05) is 0 Å². The lowest BCUT2D eigenvalue weighted by Gasteiger charge is -2.50. The molecule has 3 N–H and O–H groups in total. The fourth-order valence-corrected chi connectivity index (χ4v) is 19.3. The molecule has 2 saturated carbocycles. The van der Waals surface area contributed by atoms with Crippen LogP contribution in [-0.4, -0.2) is 179 Å². The number of aliphatic hydroxyl groups is 3. The van der Waals surface area contributed by atoms with Gasteiger partial charge in [-0.1, -0.05) is 33.9 Å². The number of carbonyl (C=O) groups excluding carboxylic acids is 1. The molecule has 12 bridgehead atoms. The van der Waals surface area contributed by atoms with Gasteiger partial charge in [-0.05, 0) is 131 Å².